The van der Waals surface area contributed by atoms with Crippen molar-refractivity contribution in [2.24, 2.45) is 0 Å². The third-order valence-corrected chi connectivity index (χ3v) is 2.99. The van der Waals surface area contributed by atoms with Crippen molar-refractivity contribution < 1.29 is 5.11 Å². The van der Waals surface area contributed by atoms with Gasteiger partial charge in [-0.2, -0.15) is 0 Å². The molecule has 0 saturated carbocycles. The van der Waals surface area contributed by atoms with Crippen LogP contribution in [0.2, 0.25) is 0 Å². The Bertz CT molecular complexity index is 379. The lowest BCUT2D eigenvalue weighted by Gasteiger charge is -2.27. The number of aromatic nitrogens is 2. The zero-order valence-electron chi connectivity index (χ0n) is 8.86. The summed E-state index contributed by atoms with van der Waals surface area (Å²) in [4.78, 5) is 8.18. The fourth-order valence-corrected chi connectivity index (χ4v) is 1.90. The van der Waals surface area contributed by atoms with Gasteiger partial charge < -0.3 is 10.4 Å². The predicted molar refractivity (Wildman–Crippen MR) is 66.2 cm³/mol. The van der Waals surface area contributed by atoms with Crippen LogP contribution in [-0.4, -0.2) is 27.2 Å². The molecule has 86 valence electrons. The van der Waals surface area contributed by atoms with E-state index in [2.05, 4.69) is 31.2 Å². The molecule has 5 heteroatoms. The molecule has 1 unspecified atom stereocenters. The van der Waals surface area contributed by atoms with Crippen molar-refractivity contribution in [3.8, 4) is 0 Å². The predicted octanol–water partition coefficient (Wildman–Crippen LogP) is 2.12. The Morgan fingerprint density at radius 2 is 2.19 bits per heavy atom. The highest BCUT2D eigenvalue weighted by Gasteiger charge is 2.24. The minimum atomic E-state index is -0.755. The molecule has 1 aromatic heterocycles. The molecule has 0 aliphatic heterocycles. The van der Waals surface area contributed by atoms with Crippen molar-refractivity contribution in [1.29, 1.82) is 0 Å². The lowest BCUT2D eigenvalue weighted by atomic mass is 9.91. The summed E-state index contributed by atoms with van der Waals surface area (Å²) in [7, 11) is 0. The highest BCUT2D eigenvalue weighted by Crippen LogP contribution is 2.22. The van der Waals surface area contributed by atoms with Gasteiger partial charge in [-0.05, 0) is 35.2 Å². The van der Waals surface area contributed by atoms with Gasteiger partial charge in [0.05, 0.1) is 16.6 Å². The molecule has 0 saturated heterocycles. The Morgan fingerprint density at radius 1 is 1.44 bits per heavy atom. The first-order chi connectivity index (χ1) is 7.68. The van der Waals surface area contributed by atoms with Crippen LogP contribution < -0.4 is 5.32 Å². The van der Waals surface area contributed by atoms with E-state index in [0.29, 0.717) is 12.5 Å². The largest absolute Gasteiger partial charge is 0.384 e. The van der Waals surface area contributed by atoms with Crippen LogP contribution >= 0.6 is 15.9 Å². The minimum Gasteiger partial charge on any atom is -0.384 e. The minimum absolute atomic E-state index is 0.450. The molecular weight excluding hydrogens is 270 g/mol. The van der Waals surface area contributed by atoms with E-state index in [1.54, 1.807) is 12.4 Å². The maximum atomic E-state index is 10.2. The van der Waals surface area contributed by atoms with Gasteiger partial charge in [0.1, 0.15) is 0 Å². The number of allylic oxidation sites excluding steroid dienone is 1. The SMILES string of the molecule is OC1(CNc2ncc(Br)cn2)C=CCCC1. The maximum Gasteiger partial charge on any atom is 0.222 e. The van der Waals surface area contributed by atoms with Crippen LogP contribution in [0, 0.1) is 0 Å². The van der Waals surface area contributed by atoms with Gasteiger partial charge in [0.2, 0.25) is 5.95 Å². The monoisotopic (exact) mass is 283 g/mol. The first kappa shape index (κ1) is 11.5. The number of halogens is 1. The lowest BCUT2D eigenvalue weighted by Crippen LogP contribution is -2.36. The average molecular weight is 284 g/mol. The van der Waals surface area contributed by atoms with E-state index in [-0.39, 0.29) is 0 Å². The third kappa shape index (κ3) is 3.02. The number of anilines is 1. The van der Waals surface area contributed by atoms with Gasteiger partial charge in [-0.1, -0.05) is 12.2 Å². The summed E-state index contributed by atoms with van der Waals surface area (Å²) in [5, 5.41) is 13.2. The van der Waals surface area contributed by atoms with E-state index in [4.69, 9.17) is 0 Å². The van der Waals surface area contributed by atoms with Crippen molar-refractivity contribution in [2.45, 2.75) is 24.9 Å². The molecule has 0 amide bonds. The Balaban J connectivity index is 1.94. The van der Waals surface area contributed by atoms with Gasteiger partial charge in [-0.15, -0.1) is 0 Å². The molecule has 16 heavy (non-hydrogen) atoms. The molecular formula is C11H14BrN3O. The second-order valence-electron chi connectivity index (χ2n) is 3.98. The van der Waals surface area contributed by atoms with Crippen LogP contribution in [0.1, 0.15) is 19.3 Å². The molecule has 1 heterocycles. The lowest BCUT2D eigenvalue weighted by molar-refractivity contribution is 0.0879. The number of rotatable bonds is 3. The van der Waals surface area contributed by atoms with Crippen molar-refractivity contribution >= 4 is 21.9 Å². The third-order valence-electron chi connectivity index (χ3n) is 2.58. The molecule has 1 aromatic rings. The molecule has 1 atom stereocenters. The number of hydrogen-bond acceptors (Lipinski definition) is 4. The summed E-state index contributed by atoms with van der Waals surface area (Å²) < 4.78 is 0.842. The molecule has 1 aliphatic carbocycles. The normalized spacial score (nSPS) is 24.4. The summed E-state index contributed by atoms with van der Waals surface area (Å²) in [6.45, 7) is 0.450. The Morgan fingerprint density at radius 3 is 2.81 bits per heavy atom. The van der Waals surface area contributed by atoms with Crippen LogP contribution in [0.15, 0.2) is 29.0 Å². The highest BCUT2D eigenvalue weighted by atomic mass is 79.9. The molecule has 0 fully saturated rings. The summed E-state index contributed by atoms with van der Waals surface area (Å²) in [6.07, 6.45) is 10.1. The van der Waals surface area contributed by atoms with Crippen LogP contribution in [0.3, 0.4) is 0 Å². The molecule has 0 aromatic carbocycles. The number of nitrogens with one attached hydrogen (secondary N) is 1. The van der Waals surface area contributed by atoms with Gasteiger partial charge in [-0.25, -0.2) is 9.97 Å². The van der Waals surface area contributed by atoms with Gasteiger partial charge in [0.25, 0.3) is 0 Å². The van der Waals surface area contributed by atoms with Crippen molar-refractivity contribution in [3.05, 3.63) is 29.0 Å². The van der Waals surface area contributed by atoms with Crippen molar-refractivity contribution in [2.75, 3.05) is 11.9 Å². The van der Waals surface area contributed by atoms with Crippen LogP contribution in [-0.2, 0) is 0 Å². The Hall–Kier alpha value is -0.940. The molecule has 2 rings (SSSR count). The van der Waals surface area contributed by atoms with Crippen molar-refractivity contribution in [1.82, 2.24) is 9.97 Å². The quantitative estimate of drug-likeness (QED) is 0.835. The zero-order chi connectivity index (χ0) is 11.4. The van der Waals surface area contributed by atoms with Crippen LogP contribution in [0.4, 0.5) is 5.95 Å². The number of hydrogen-bond donors (Lipinski definition) is 2. The number of aliphatic hydroxyl groups is 1. The first-order valence-corrected chi connectivity index (χ1v) is 6.09. The Labute approximate surface area is 103 Å². The summed E-state index contributed by atoms with van der Waals surface area (Å²) in [5.74, 6) is 0.538. The van der Waals surface area contributed by atoms with E-state index in [0.717, 1.165) is 23.7 Å². The molecule has 0 radical (unpaired) electrons. The average Bonchev–Trinajstić information content (AvgIpc) is 2.29. The molecule has 4 nitrogen and oxygen atoms in total. The number of nitrogens with zero attached hydrogens (tertiary/aromatic N) is 2. The summed E-state index contributed by atoms with van der Waals surface area (Å²) in [6, 6.07) is 0. The fourth-order valence-electron chi connectivity index (χ4n) is 1.70. The second-order valence-corrected chi connectivity index (χ2v) is 4.89. The summed E-state index contributed by atoms with van der Waals surface area (Å²) >= 11 is 3.27. The van der Waals surface area contributed by atoms with Gasteiger partial charge in [0.15, 0.2) is 0 Å². The molecule has 0 spiro atoms. The molecule has 0 bridgehead atoms. The smallest absolute Gasteiger partial charge is 0.222 e. The van der Waals surface area contributed by atoms with E-state index < -0.39 is 5.60 Å². The van der Waals surface area contributed by atoms with Gasteiger partial charge >= 0.3 is 0 Å². The summed E-state index contributed by atoms with van der Waals surface area (Å²) in [5.41, 5.74) is -0.755. The van der Waals surface area contributed by atoms with E-state index in [9.17, 15) is 5.11 Å². The Kier molecular flexibility index (Phi) is 3.56. The highest BCUT2D eigenvalue weighted by molar-refractivity contribution is 9.10. The van der Waals surface area contributed by atoms with Crippen molar-refractivity contribution in [3.63, 3.8) is 0 Å². The maximum absolute atomic E-state index is 10.2. The molecule has 1 aliphatic rings. The van der Waals surface area contributed by atoms with E-state index in [1.165, 1.54) is 0 Å². The topological polar surface area (TPSA) is 58.0 Å². The van der Waals surface area contributed by atoms with E-state index in [1.807, 2.05) is 12.2 Å². The van der Waals surface area contributed by atoms with Gasteiger partial charge in [0, 0.05) is 12.4 Å². The van der Waals surface area contributed by atoms with Crippen LogP contribution in [0.5, 0.6) is 0 Å². The van der Waals surface area contributed by atoms with E-state index >= 15 is 0 Å². The molecule has 2 N–H and O–H groups in total. The first-order valence-electron chi connectivity index (χ1n) is 5.29. The van der Waals surface area contributed by atoms with Gasteiger partial charge in [-0.3, -0.25) is 0 Å². The fraction of sp³-hybridized carbons (Fsp3) is 0.455. The zero-order valence-corrected chi connectivity index (χ0v) is 10.4. The standard InChI is InChI=1S/C11H14BrN3O/c12-9-6-13-10(14-7-9)15-8-11(16)4-2-1-3-5-11/h2,4,6-7,16H,1,3,5,8H2,(H,13,14,15). The second kappa shape index (κ2) is 4.93. The van der Waals surface area contributed by atoms with Crippen LogP contribution in [0.25, 0.3) is 0 Å².